The molecule has 1 amide bonds. The number of nitrogens with zero attached hydrogens (tertiary/aromatic N) is 3. The topological polar surface area (TPSA) is 73.7 Å². The number of thiazole rings is 1. The van der Waals surface area contributed by atoms with Crippen LogP contribution in [-0.4, -0.2) is 63.5 Å². The van der Waals surface area contributed by atoms with Gasteiger partial charge in [0, 0.05) is 19.1 Å². The molecular formula is C14H19N3O3S. The highest BCUT2D eigenvalue weighted by molar-refractivity contribution is 7.11. The van der Waals surface area contributed by atoms with Gasteiger partial charge in [-0.25, -0.2) is 0 Å². The Morgan fingerprint density at radius 2 is 2.00 bits per heavy atom. The molecule has 2 saturated heterocycles. The zero-order valence-corrected chi connectivity index (χ0v) is 12.6. The summed E-state index contributed by atoms with van der Waals surface area (Å²) in [7, 11) is 0. The molecule has 3 rings (SSSR count). The lowest BCUT2D eigenvalue weighted by molar-refractivity contribution is -0.143. The third-order valence-corrected chi connectivity index (χ3v) is 5.20. The number of hydrogen-bond acceptors (Lipinski definition) is 5. The van der Waals surface area contributed by atoms with Crippen LogP contribution in [0, 0.1) is 0 Å². The maximum Gasteiger partial charge on any atom is 0.320 e. The highest BCUT2D eigenvalue weighted by Gasteiger charge is 2.37. The minimum absolute atomic E-state index is 0.0483. The summed E-state index contributed by atoms with van der Waals surface area (Å²) in [6, 6.07) is -0.0436. The van der Waals surface area contributed by atoms with Crippen LogP contribution in [-0.2, 0) is 4.79 Å². The summed E-state index contributed by atoms with van der Waals surface area (Å²) in [6.45, 7) is 2.26. The van der Waals surface area contributed by atoms with Crippen LogP contribution < -0.4 is 0 Å². The van der Waals surface area contributed by atoms with E-state index in [2.05, 4.69) is 9.88 Å². The van der Waals surface area contributed by atoms with Crippen LogP contribution in [0.3, 0.4) is 0 Å². The summed E-state index contributed by atoms with van der Waals surface area (Å²) in [5.41, 5.74) is 1.67. The van der Waals surface area contributed by atoms with Gasteiger partial charge in [0.15, 0.2) is 0 Å². The first-order valence-corrected chi connectivity index (χ1v) is 8.21. The highest BCUT2D eigenvalue weighted by Crippen LogP contribution is 2.27. The van der Waals surface area contributed by atoms with E-state index in [0.29, 0.717) is 24.0 Å². The lowest BCUT2D eigenvalue weighted by Crippen LogP contribution is -2.49. The Kier molecular flexibility index (Phi) is 4.21. The zero-order valence-electron chi connectivity index (χ0n) is 11.8. The smallest absolute Gasteiger partial charge is 0.320 e. The number of carboxylic acids is 1. The van der Waals surface area contributed by atoms with Crippen molar-refractivity contribution in [3.8, 4) is 0 Å². The van der Waals surface area contributed by atoms with E-state index in [1.165, 1.54) is 11.3 Å². The van der Waals surface area contributed by atoms with E-state index in [0.717, 1.165) is 32.2 Å². The molecule has 2 aliphatic heterocycles. The monoisotopic (exact) mass is 309 g/mol. The van der Waals surface area contributed by atoms with Gasteiger partial charge in [0.25, 0.3) is 5.91 Å². The molecule has 2 fully saturated rings. The Labute approximate surface area is 127 Å². The van der Waals surface area contributed by atoms with Crippen molar-refractivity contribution < 1.29 is 14.7 Å². The molecule has 3 heterocycles. The molecule has 0 radical (unpaired) electrons. The number of carbonyl (C=O) groups is 2. The van der Waals surface area contributed by atoms with Crippen molar-refractivity contribution in [3.63, 3.8) is 0 Å². The van der Waals surface area contributed by atoms with Gasteiger partial charge >= 0.3 is 5.97 Å². The van der Waals surface area contributed by atoms with E-state index >= 15 is 0 Å². The number of amides is 1. The van der Waals surface area contributed by atoms with Crippen molar-refractivity contribution in [1.82, 2.24) is 14.8 Å². The van der Waals surface area contributed by atoms with Crippen LogP contribution in [0.1, 0.15) is 35.4 Å². The summed E-state index contributed by atoms with van der Waals surface area (Å²) in [6.07, 6.45) is 5.02. The maximum absolute atomic E-state index is 12.2. The van der Waals surface area contributed by atoms with E-state index in [9.17, 15) is 14.7 Å². The van der Waals surface area contributed by atoms with Gasteiger partial charge in [0.05, 0.1) is 11.7 Å². The molecule has 0 bridgehead atoms. The summed E-state index contributed by atoms with van der Waals surface area (Å²) >= 11 is 1.36. The molecule has 1 atom stereocenters. The number of carbonyl (C=O) groups excluding carboxylic acids is 1. The van der Waals surface area contributed by atoms with Crippen molar-refractivity contribution >= 4 is 23.2 Å². The van der Waals surface area contributed by atoms with E-state index in [4.69, 9.17) is 0 Å². The fourth-order valence-electron chi connectivity index (χ4n) is 3.37. The van der Waals surface area contributed by atoms with Crippen LogP contribution in [0.2, 0.25) is 0 Å². The number of likely N-dealkylation sites (tertiary alicyclic amines) is 2. The van der Waals surface area contributed by atoms with Crippen molar-refractivity contribution in [3.05, 3.63) is 16.6 Å². The Balaban J connectivity index is 1.58. The minimum Gasteiger partial charge on any atom is -0.480 e. The Hall–Kier alpha value is -1.47. The van der Waals surface area contributed by atoms with Gasteiger partial charge in [-0.15, -0.1) is 11.3 Å². The normalized spacial score (nSPS) is 24.4. The predicted octanol–water partition coefficient (Wildman–Crippen LogP) is 1.30. The average Bonchev–Trinajstić information content (AvgIpc) is 3.18. The fraction of sp³-hybridized carbons (Fsp3) is 0.643. The third kappa shape index (κ3) is 2.94. The van der Waals surface area contributed by atoms with Crippen LogP contribution in [0.25, 0.3) is 0 Å². The number of rotatable bonds is 3. The fourth-order valence-corrected chi connectivity index (χ4v) is 3.96. The standard InChI is InChI=1S/C14H19N3O3S/c18-13(12-8-15-9-21-12)16-6-3-10(4-7-16)17-5-1-2-11(17)14(19)20/h8-11H,1-7H2,(H,19,20). The van der Waals surface area contributed by atoms with Gasteiger partial charge in [-0.3, -0.25) is 19.5 Å². The van der Waals surface area contributed by atoms with Crippen LogP contribution in [0.5, 0.6) is 0 Å². The van der Waals surface area contributed by atoms with Crippen LogP contribution >= 0.6 is 11.3 Å². The predicted molar refractivity (Wildman–Crippen MR) is 78.4 cm³/mol. The second kappa shape index (κ2) is 6.11. The van der Waals surface area contributed by atoms with Crippen LogP contribution in [0.15, 0.2) is 11.7 Å². The van der Waals surface area contributed by atoms with Gasteiger partial charge in [0.1, 0.15) is 10.9 Å². The number of hydrogen-bond donors (Lipinski definition) is 1. The maximum atomic E-state index is 12.2. The number of piperidine rings is 1. The van der Waals surface area contributed by atoms with E-state index in [-0.39, 0.29) is 11.9 Å². The minimum atomic E-state index is -0.712. The van der Waals surface area contributed by atoms with Crippen molar-refractivity contribution in [2.75, 3.05) is 19.6 Å². The Morgan fingerprint density at radius 3 is 2.62 bits per heavy atom. The lowest BCUT2D eigenvalue weighted by Gasteiger charge is -2.38. The zero-order chi connectivity index (χ0) is 14.8. The van der Waals surface area contributed by atoms with Gasteiger partial charge in [-0.1, -0.05) is 0 Å². The molecule has 114 valence electrons. The largest absolute Gasteiger partial charge is 0.480 e. The van der Waals surface area contributed by atoms with Gasteiger partial charge in [-0.05, 0) is 32.2 Å². The molecule has 1 aromatic rings. The second-order valence-electron chi connectivity index (χ2n) is 5.62. The van der Waals surface area contributed by atoms with Gasteiger partial charge in [-0.2, -0.15) is 0 Å². The molecule has 0 spiro atoms. The summed E-state index contributed by atoms with van der Waals surface area (Å²) in [5, 5.41) is 9.27. The first-order chi connectivity index (χ1) is 10.2. The Morgan fingerprint density at radius 1 is 1.24 bits per heavy atom. The van der Waals surface area contributed by atoms with Gasteiger partial charge in [0.2, 0.25) is 0 Å². The molecule has 0 aromatic carbocycles. The van der Waals surface area contributed by atoms with Crippen molar-refractivity contribution in [2.24, 2.45) is 0 Å². The first-order valence-electron chi connectivity index (χ1n) is 7.33. The molecule has 0 saturated carbocycles. The molecule has 0 aliphatic carbocycles. The third-order valence-electron chi connectivity index (χ3n) is 4.44. The molecule has 2 aliphatic rings. The summed E-state index contributed by atoms with van der Waals surface area (Å²) < 4.78 is 0. The molecule has 1 unspecified atom stereocenters. The molecule has 21 heavy (non-hydrogen) atoms. The molecule has 7 heteroatoms. The highest BCUT2D eigenvalue weighted by atomic mass is 32.1. The van der Waals surface area contributed by atoms with Crippen molar-refractivity contribution in [1.29, 1.82) is 0 Å². The quantitative estimate of drug-likeness (QED) is 0.911. The summed E-state index contributed by atoms with van der Waals surface area (Å²) in [5.74, 6) is -0.664. The SMILES string of the molecule is O=C(O)C1CCCN1C1CCN(C(=O)c2cncs2)CC1. The molecule has 6 nitrogen and oxygen atoms in total. The summed E-state index contributed by atoms with van der Waals surface area (Å²) in [4.78, 5) is 32.1. The first kappa shape index (κ1) is 14.5. The lowest BCUT2D eigenvalue weighted by atomic mass is 10.0. The molecular weight excluding hydrogens is 290 g/mol. The number of carboxylic acid groups (broad SMARTS) is 1. The van der Waals surface area contributed by atoms with Crippen molar-refractivity contribution in [2.45, 2.75) is 37.8 Å². The van der Waals surface area contributed by atoms with Crippen LogP contribution in [0.4, 0.5) is 0 Å². The van der Waals surface area contributed by atoms with E-state index in [1.54, 1.807) is 11.7 Å². The second-order valence-corrected chi connectivity index (χ2v) is 6.51. The Bertz CT molecular complexity index is 512. The van der Waals surface area contributed by atoms with E-state index in [1.807, 2.05) is 4.90 Å². The number of aromatic nitrogens is 1. The van der Waals surface area contributed by atoms with E-state index < -0.39 is 5.97 Å². The molecule has 1 aromatic heterocycles. The number of aliphatic carboxylic acids is 1. The molecule has 1 N–H and O–H groups in total. The van der Waals surface area contributed by atoms with Gasteiger partial charge < -0.3 is 10.0 Å². The average molecular weight is 309 g/mol.